The molecule has 0 bridgehead atoms. The first-order chi connectivity index (χ1) is 7.39. The van der Waals surface area contributed by atoms with Crippen molar-refractivity contribution >= 4 is 15.9 Å². The lowest BCUT2D eigenvalue weighted by molar-refractivity contribution is -0.124. The summed E-state index contributed by atoms with van der Waals surface area (Å²) in [6.45, 7) is 4.90. The van der Waals surface area contributed by atoms with E-state index in [2.05, 4.69) is 0 Å². The minimum Gasteiger partial charge on any atom is -0.274 e. The molecule has 0 N–H and O–H groups in total. The van der Waals surface area contributed by atoms with E-state index in [-0.39, 0.29) is 11.4 Å². The number of aryl methyl sites for hydroxylation is 1. The summed E-state index contributed by atoms with van der Waals surface area (Å²) < 4.78 is 24.9. The summed E-state index contributed by atoms with van der Waals surface area (Å²) in [5.74, 6) is -0.469. The summed E-state index contributed by atoms with van der Waals surface area (Å²) in [5.41, 5.74) is 0.977. The highest BCUT2D eigenvalue weighted by molar-refractivity contribution is 7.89. The van der Waals surface area contributed by atoms with Crippen LogP contribution in [-0.2, 0) is 14.8 Å². The van der Waals surface area contributed by atoms with Crippen LogP contribution >= 0.6 is 0 Å². The summed E-state index contributed by atoms with van der Waals surface area (Å²) >= 11 is 0. The normalized spacial score (nSPS) is 11.2. The zero-order chi connectivity index (χ0) is 12.3. The molecule has 0 saturated carbocycles. The van der Waals surface area contributed by atoms with Crippen molar-refractivity contribution in [3.63, 3.8) is 0 Å². The molecule has 0 saturated heterocycles. The van der Waals surface area contributed by atoms with E-state index in [0.717, 1.165) is 9.87 Å². The fourth-order valence-corrected chi connectivity index (χ4v) is 2.81. The van der Waals surface area contributed by atoms with Gasteiger partial charge in [-0.15, -0.1) is 0 Å². The minimum atomic E-state index is -3.68. The number of carbonyl (C=O) groups is 1. The van der Waals surface area contributed by atoms with Gasteiger partial charge in [-0.3, -0.25) is 4.79 Å². The molecule has 88 valence electrons. The van der Waals surface area contributed by atoms with Gasteiger partial charge in [0.1, 0.15) is 0 Å². The minimum absolute atomic E-state index is 0.144. The molecule has 0 aromatic heterocycles. The quantitative estimate of drug-likeness (QED) is 0.806. The number of nitrogens with zero attached hydrogens (tertiary/aromatic N) is 1. The highest BCUT2D eigenvalue weighted by atomic mass is 32.2. The summed E-state index contributed by atoms with van der Waals surface area (Å²) in [5, 5.41) is 0. The average Bonchev–Trinajstić information content (AvgIpc) is 2.18. The van der Waals surface area contributed by atoms with Crippen LogP contribution in [0.25, 0.3) is 0 Å². The summed E-state index contributed by atoms with van der Waals surface area (Å²) in [4.78, 5) is 11.4. The summed E-state index contributed by atoms with van der Waals surface area (Å²) in [6.07, 6.45) is 0. The Morgan fingerprint density at radius 2 is 1.75 bits per heavy atom. The molecule has 5 heteroatoms. The summed E-state index contributed by atoms with van der Waals surface area (Å²) in [7, 11) is -3.68. The van der Waals surface area contributed by atoms with Gasteiger partial charge in [0.25, 0.3) is 10.0 Å². The second kappa shape index (κ2) is 4.65. The molecule has 1 amide bonds. The molecule has 0 heterocycles. The van der Waals surface area contributed by atoms with Gasteiger partial charge in [0.2, 0.25) is 5.91 Å². The maximum absolute atomic E-state index is 12.0. The van der Waals surface area contributed by atoms with Crippen LogP contribution in [0.15, 0.2) is 29.2 Å². The Morgan fingerprint density at radius 1 is 1.25 bits per heavy atom. The molecule has 0 spiro atoms. The Bertz CT molecular complexity index is 476. The van der Waals surface area contributed by atoms with Crippen molar-refractivity contribution in [1.29, 1.82) is 0 Å². The number of amides is 1. The molecule has 0 unspecified atom stereocenters. The molecule has 0 aliphatic carbocycles. The van der Waals surface area contributed by atoms with Crippen molar-refractivity contribution < 1.29 is 13.2 Å². The van der Waals surface area contributed by atoms with Crippen molar-refractivity contribution in [3.05, 3.63) is 29.8 Å². The predicted octanol–water partition coefficient (Wildman–Crippen LogP) is 1.55. The standard InChI is InChI=1S/C11H15NO3S/c1-4-12(10(3)13)16(14,15)11-7-5-9(2)6-8-11/h5-8H,4H2,1-3H3. The fourth-order valence-electron chi connectivity index (χ4n) is 1.40. The van der Waals surface area contributed by atoms with E-state index in [9.17, 15) is 13.2 Å². The number of benzene rings is 1. The zero-order valence-corrected chi connectivity index (χ0v) is 10.4. The van der Waals surface area contributed by atoms with Crippen LogP contribution in [0.5, 0.6) is 0 Å². The topological polar surface area (TPSA) is 54.5 Å². The first kappa shape index (κ1) is 12.7. The third-order valence-corrected chi connectivity index (χ3v) is 4.21. The van der Waals surface area contributed by atoms with Crippen LogP contribution in [0.2, 0.25) is 0 Å². The van der Waals surface area contributed by atoms with E-state index in [1.807, 2.05) is 6.92 Å². The third kappa shape index (κ3) is 2.41. The first-order valence-corrected chi connectivity index (χ1v) is 6.43. The molecule has 0 aliphatic rings. The predicted molar refractivity (Wildman–Crippen MR) is 61.4 cm³/mol. The maximum atomic E-state index is 12.0. The lowest BCUT2D eigenvalue weighted by atomic mass is 10.2. The Balaban J connectivity index is 3.20. The maximum Gasteiger partial charge on any atom is 0.266 e. The first-order valence-electron chi connectivity index (χ1n) is 4.99. The van der Waals surface area contributed by atoms with Gasteiger partial charge < -0.3 is 0 Å². The Morgan fingerprint density at radius 3 is 2.12 bits per heavy atom. The van der Waals surface area contributed by atoms with Crippen molar-refractivity contribution in [2.45, 2.75) is 25.7 Å². The van der Waals surface area contributed by atoms with Crippen molar-refractivity contribution in [2.24, 2.45) is 0 Å². The third-order valence-electron chi connectivity index (χ3n) is 2.25. The number of hydrogen-bond acceptors (Lipinski definition) is 3. The van der Waals surface area contributed by atoms with Crippen LogP contribution in [0.1, 0.15) is 19.4 Å². The second-order valence-electron chi connectivity index (χ2n) is 3.50. The SMILES string of the molecule is CCN(C(C)=O)S(=O)(=O)c1ccc(C)cc1. The van der Waals surface area contributed by atoms with E-state index >= 15 is 0 Å². The van der Waals surface area contributed by atoms with Crippen LogP contribution in [-0.4, -0.2) is 25.2 Å². The van der Waals surface area contributed by atoms with Crippen molar-refractivity contribution in [2.75, 3.05) is 6.54 Å². The zero-order valence-electron chi connectivity index (χ0n) is 9.60. The molecule has 0 aliphatic heterocycles. The largest absolute Gasteiger partial charge is 0.274 e. The van der Waals surface area contributed by atoms with Crippen LogP contribution in [0.4, 0.5) is 0 Å². The average molecular weight is 241 g/mol. The molecule has 1 rings (SSSR count). The van der Waals surface area contributed by atoms with E-state index < -0.39 is 15.9 Å². The van der Waals surface area contributed by atoms with Crippen molar-refractivity contribution in [1.82, 2.24) is 4.31 Å². The highest BCUT2D eigenvalue weighted by Crippen LogP contribution is 2.16. The van der Waals surface area contributed by atoms with Gasteiger partial charge in [-0.1, -0.05) is 17.7 Å². The number of hydrogen-bond donors (Lipinski definition) is 0. The molecule has 0 fully saturated rings. The molecule has 0 radical (unpaired) electrons. The van der Waals surface area contributed by atoms with Gasteiger partial charge in [-0.2, -0.15) is 0 Å². The smallest absolute Gasteiger partial charge is 0.266 e. The van der Waals surface area contributed by atoms with Crippen LogP contribution < -0.4 is 0 Å². The van der Waals surface area contributed by atoms with Gasteiger partial charge in [0.05, 0.1) is 4.90 Å². The monoisotopic (exact) mass is 241 g/mol. The highest BCUT2D eigenvalue weighted by Gasteiger charge is 2.24. The Labute approximate surface area is 95.9 Å². The molecule has 1 aromatic rings. The lowest BCUT2D eigenvalue weighted by Crippen LogP contribution is -2.34. The Kier molecular flexibility index (Phi) is 3.70. The van der Waals surface area contributed by atoms with Gasteiger partial charge in [-0.05, 0) is 26.0 Å². The number of sulfonamides is 1. The van der Waals surface area contributed by atoms with Crippen molar-refractivity contribution in [3.8, 4) is 0 Å². The van der Waals surface area contributed by atoms with E-state index in [0.29, 0.717) is 0 Å². The Hall–Kier alpha value is -1.36. The van der Waals surface area contributed by atoms with Gasteiger partial charge in [-0.25, -0.2) is 12.7 Å². The van der Waals surface area contributed by atoms with Gasteiger partial charge in [0, 0.05) is 13.5 Å². The van der Waals surface area contributed by atoms with E-state index in [1.165, 1.54) is 19.1 Å². The molecule has 1 aromatic carbocycles. The van der Waals surface area contributed by atoms with Gasteiger partial charge in [0.15, 0.2) is 0 Å². The molecule has 16 heavy (non-hydrogen) atoms. The van der Waals surface area contributed by atoms with E-state index in [1.54, 1.807) is 19.1 Å². The second-order valence-corrected chi connectivity index (χ2v) is 5.36. The molecule has 0 atom stereocenters. The van der Waals surface area contributed by atoms with Gasteiger partial charge >= 0.3 is 0 Å². The molecular weight excluding hydrogens is 226 g/mol. The van der Waals surface area contributed by atoms with E-state index in [4.69, 9.17) is 0 Å². The van der Waals surface area contributed by atoms with Crippen LogP contribution in [0.3, 0.4) is 0 Å². The van der Waals surface area contributed by atoms with Crippen LogP contribution in [0, 0.1) is 6.92 Å². The summed E-state index contributed by atoms with van der Waals surface area (Å²) in [6, 6.07) is 6.44. The molecule has 4 nitrogen and oxygen atoms in total. The fraction of sp³-hybridized carbons (Fsp3) is 0.364. The number of rotatable bonds is 3. The lowest BCUT2D eigenvalue weighted by Gasteiger charge is -2.18. The number of carbonyl (C=O) groups excluding carboxylic acids is 1. The molecular formula is C11H15NO3S.